The van der Waals surface area contributed by atoms with E-state index in [0.29, 0.717) is 0 Å². The van der Waals surface area contributed by atoms with Crippen LogP contribution in [0.25, 0.3) is 0 Å². The fourth-order valence-electron chi connectivity index (χ4n) is 2.30. The minimum atomic E-state index is -0.333. The van der Waals surface area contributed by atoms with Crippen molar-refractivity contribution < 1.29 is 9.47 Å². The van der Waals surface area contributed by atoms with Crippen LogP contribution in [-0.2, 0) is 4.74 Å². The molecule has 2 heterocycles. The van der Waals surface area contributed by atoms with E-state index in [1.165, 1.54) is 0 Å². The fourth-order valence-corrected chi connectivity index (χ4v) is 2.30. The number of methoxy groups -OCH3 is 1. The van der Waals surface area contributed by atoms with E-state index in [-0.39, 0.29) is 11.6 Å². The van der Waals surface area contributed by atoms with Gasteiger partial charge in [0.1, 0.15) is 11.4 Å². The van der Waals surface area contributed by atoms with Crippen LogP contribution in [0.15, 0.2) is 18.3 Å². The van der Waals surface area contributed by atoms with E-state index in [2.05, 4.69) is 11.9 Å². The Morgan fingerprint density at radius 1 is 1.53 bits per heavy atom. The van der Waals surface area contributed by atoms with Crippen LogP contribution in [0.4, 0.5) is 0 Å². The van der Waals surface area contributed by atoms with Crippen molar-refractivity contribution >= 4 is 0 Å². The molecule has 0 saturated carbocycles. The number of hydrogen-bond acceptors (Lipinski definition) is 4. The van der Waals surface area contributed by atoms with Crippen molar-refractivity contribution in [3.63, 3.8) is 0 Å². The van der Waals surface area contributed by atoms with Gasteiger partial charge in [0.25, 0.3) is 0 Å². The van der Waals surface area contributed by atoms with Gasteiger partial charge >= 0.3 is 0 Å². The third-order valence-electron chi connectivity index (χ3n) is 3.47. The van der Waals surface area contributed by atoms with Crippen LogP contribution in [-0.4, -0.2) is 24.3 Å². The van der Waals surface area contributed by atoms with E-state index < -0.39 is 0 Å². The minimum absolute atomic E-state index is 0.251. The molecule has 0 aromatic carbocycles. The molecular weight excluding hydrogens is 216 g/mol. The first-order chi connectivity index (χ1) is 8.17. The molecule has 1 aromatic rings. The van der Waals surface area contributed by atoms with Crippen molar-refractivity contribution in [3.8, 4) is 5.75 Å². The van der Waals surface area contributed by atoms with Crippen LogP contribution < -0.4 is 10.5 Å². The maximum absolute atomic E-state index is 6.31. The molecule has 2 rings (SSSR count). The van der Waals surface area contributed by atoms with Crippen molar-refractivity contribution in [2.75, 3.05) is 13.7 Å². The second-order valence-electron chi connectivity index (χ2n) is 4.69. The molecule has 17 heavy (non-hydrogen) atoms. The molecule has 1 aromatic heterocycles. The highest BCUT2D eigenvalue weighted by Gasteiger charge is 2.37. The molecule has 1 saturated heterocycles. The average Bonchev–Trinajstić information content (AvgIpc) is 2.38. The van der Waals surface area contributed by atoms with Gasteiger partial charge in [-0.25, -0.2) is 0 Å². The third kappa shape index (κ3) is 2.42. The summed E-state index contributed by atoms with van der Waals surface area (Å²) in [6, 6.07) is 3.48. The number of nitrogens with two attached hydrogens (primary N) is 1. The first kappa shape index (κ1) is 12.3. The molecule has 2 N–H and O–H groups in total. The predicted octanol–water partition coefficient (Wildman–Crippen LogP) is 2.05. The van der Waals surface area contributed by atoms with Gasteiger partial charge in [0.05, 0.1) is 18.8 Å². The third-order valence-corrected chi connectivity index (χ3v) is 3.47. The lowest BCUT2D eigenvalue weighted by atomic mass is 9.86. The Morgan fingerprint density at radius 2 is 2.35 bits per heavy atom. The van der Waals surface area contributed by atoms with Crippen molar-refractivity contribution in [2.24, 2.45) is 5.73 Å². The molecule has 0 spiro atoms. The molecule has 0 radical (unpaired) electrons. The van der Waals surface area contributed by atoms with E-state index >= 15 is 0 Å². The lowest BCUT2D eigenvalue weighted by Crippen LogP contribution is -2.44. The van der Waals surface area contributed by atoms with Crippen LogP contribution in [0.5, 0.6) is 5.75 Å². The van der Waals surface area contributed by atoms with E-state index in [4.69, 9.17) is 15.2 Å². The van der Waals surface area contributed by atoms with Crippen molar-refractivity contribution in [2.45, 2.75) is 37.8 Å². The lowest BCUT2D eigenvalue weighted by molar-refractivity contribution is -0.0831. The Morgan fingerprint density at radius 3 is 3.00 bits per heavy atom. The number of rotatable bonds is 3. The highest BCUT2D eigenvalue weighted by atomic mass is 16.5. The van der Waals surface area contributed by atoms with E-state index in [1.807, 2.05) is 12.1 Å². The van der Waals surface area contributed by atoms with Gasteiger partial charge in [0.2, 0.25) is 0 Å². The molecule has 2 unspecified atom stereocenters. The zero-order chi connectivity index (χ0) is 12.3. The summed E-state index contributed by atoms with van der Waals surface area (Å²) in [6.45, 7) is 2.84. The Hall–Kier alpha value is -1.13. The molecule has 2 atom stereocenters. The lowest BCUT2D eigenvalue weighted by Gasteiger charge is -2.38. The fraction of sp³-hybridized carbons (Fsp3) is 0.615. The van der Waals surface area contributed by atoms with Gasteiger partial charge in [-0.3, -0.25) is 4.98 Å². The second kappa shape index (κ2) is 5.02. The van der Waals surface area contributed by atoms with Gasteiger partial charge in [-0.2, -0.15) is 0 Å². The Labute approximate surface area is 102 Å². The molecule has 1 aliphatic rings. The standard InChI is InChI=1S/C13H20N2O2/c1-13(7-3-4-9-17-13)12(14)11-10(16-2)6-5-8-15-11/h5-6,8,12H,3-4,7,9,14H2,1-2H3. The minimum Gasteiger partial charge on any atom is -0.495 e. The SMILES string of the molecule is COc1cccnc1C(N)C1(C)CCCCO1. The molecule has 1 aliphatic heterocycles. The van der Waals surface area contributed by atoms with E-state index in [1.54, 1.807) is 13.3 Å². The number of nitrogens with zero attached hydrogens (tertiary/aromatic N) is 1. The summed E-state index contributed by atoms with van der Waals surface area (Å²) in [5, 5.41) is 0. The zero-order valence-corrected chi connectivity index (χ0v) is 10.5. The van der Waals surface area contributed by atoms with Gasteiger partial charge in [0, 0.05) is 12.8 Å². The molecular formula is C13H20N2O2. The van der Waals surface area contributed by atoms with Gasteiger partial charge in [-0.15, -0.1) is 0 Å². The largest absolute Gasteiger partial charge is 0.495 e. The number of aromatic nitrogens is 1. The van der Waals surface area contributed by atoms with Crippen LogP contribution >= 0.6 is 0 Å². The average molecular weight is 236 g/mol. The predicted molar refractivity (Wildman–Crippen MR) is 65.9 cm³/mol. The maximum Gasteiger partial charge on any atom is 0.142 e. The second-order valence-corrected chi connectivity index (χ2v) is 4.69. The highest BCUT2D eigenvalue weighted by Crippen LogP contribution is 2.36. The quantitative estimate of drug-likeness (QED) is 0.872. The monoisotopic (exact) mass is 236 g/mol. The molecule has 0 bridgehead atoms. The Kier molecular flexibility index (Phi) is 3.64. The maximum atomic E-state index is 6.31. The summed E-state index contributed by atoms with van der Waals surface area (Å²) >= 11 is 0. The smallest absolute Gasteiger partial charge is 0.142 e. The number of hydrogen-bond donors (Lipinski definition) is 1. The van der Waals surface area contributed by atoms with E-state index in [0.717, 1.165) is 37.3 Å². The molecule has 0 amide bonds. The summed E-state index contributed by atoms with van der Waals surface area (Å²) in [6.07, 6.45) is 4.97. The normalized spacial score (nSPS) is 26.5. The van der Waals surface area contributed by atoms with Crippen LogP contribution in [0, 0.1) is 0 Å². The molecule has 1 fully saturated rings. The van der Waals surface area contributed by atoms with Crippen molar-refractivity contribution in [1.82, 2.24) is 4.98 Å². The highest BCUT2D eigenvalue weighted by molar-refractivity contribution is 5.31. The van der Waals surface area contributed by atoms with Gasteiger partial charge in [-0.05, 0) is 38.3 Å². The Balaban J connectivity index is 2.26. The van der Waals surface area contributed by atoms with Crippen LogP contribution in [0.3, 0.4) is 0 Å². The van der Waals surface area contributed by atoms with Crippen LogP contribution in [0.1, 0.15) is 37.9 Å². The molecule has 94 valence electrons. The summed E-state index contributed by atoms with van der Waals surface area (Å²) < 4.78 is 11.2. The van der Waals surface area contributed by atoms with Gasteiger partial charge in [-0.1, -0.05) is 0 Å². The van der Waals surface area contributed by atoms with Crippen molar-refractivity contribution in [3.05, 3.63) is 24.0 Å². The van der Waals surface area contributed by atoms with E-state index in [9.17, 15) is 0 Å². The number of ether oxygens (including phenoxy) is 2. The van der Waals surface area contributed by atoms with Crippen LogP contribution in [0.2, 0.25) is 0 Å². The summed E-state index contributed by atoms with van der Waals surface area (Å²) in [4.78, 5) is 4.34. The van der Waals surface area contributed by atoms with Gasteiger partial charge in [0.15, 0.2) is 0 Å². The summed E-state index contributed by atoms with van der Waals surface area (Å²) in [7, 11) is 1.64. The molecule has 0 aliphatic carbocycles. The first-order valence-corrected chi connectivity index (χ1v) is 6.06. The zero-order valence-electron chi connectivity index (χ0n) is 10.5. The van der Waals surface area contributed by atoms with Crippen molar-refractivity contribution in [1.29, 1.82) is 0 Å². The topological polar surface area (TPSA) is 57.4 Å². The summed E-state index contributed by atoms with van der Waals surface area (Å²) in [5.74, 6) is 0.732. The van der Waals surface area contributed by atoms with Gasteiger partial charge < -0.3 is 15.2 Å². The Bertz CT molecular complexity index is 375. The summed E-state index contributed by atoms with van der Waals surface area (Å²) in [5.41, 5.74) is 6.76. The number of pyridine rings is 1. The first-order valence-electron chi connectivity index (χ1n) is 6.06. The molecule has 4 nitrogen and oxygen atoms in total. The molecule has 4 heteroatoms.